The molecule has 238 valence electrons. The summed E-state index contributed by atoms with van der Waals surface area (Å²) >= 11 is 5.87. The largest absolute Gasteiger partial charge is 0.476 e. The predicted molar refractivity (Wildman–Crippen MR) is 163 cm³/mol. The van der Waals surface area contributed by atoms with Crippen LogP contribution in [0.1, 0.15) is 69.8 Å². The molecule has 0 radical (unpaired) electrons. The number of halogens is 1. The third kappa shape index (κ3) is 8.78. The maximum absolute atomic E-state index is 12.8. The van der Waals surface area contributed by atoms with Crippen LogP contribution in [-0.2, 0) is 25.4 Å². The number of nitrogens with zero attached hydrogens (tertiary/aromatic N) is 1. The second-order valence-corrected chi connectivity index (χ2v) is 12.9. The van der Waals surface area contributed by atoms with Crippen molar-refractivity contribution in [3.05, 3.63) is 64.7 Å². The molecule has 0 aliphatic carbocycles. The quantitative estimate of drug-likeness (QED) is 0.269. The van der Waals surface area contributed by atoms with Crippen LogP contribution in [0.2, 0.25) is 5.02 Å². The van der Waals surface area contributed by atoms with Crippen molar-refractivity contribution in [3.63, 3.8) is 0 Å². The van der Waals surface area contributed by atoms with Gasteiger partial charge in [0, 0.05) is 23.2 Å². The molecule has 2 aliphatic heterocycles. The number of amides is 3. The summed E-state index contributed by atoms with van der Waals surface area (Å²) in [4.78, 5) is 51.7. The molecule has 2 fully saturated rings. The number of carbonyl (C=O) groups is 4. The van der Waals surface area contributed by atoms with Gasteiger partial charge in [0.15, 0.2) is 5.60 Å². The summed E-state index contributed by atoms with van der Waals surface area (Å²) in [5.74, 6) is -0.428. The second kappa shape index (κ2) is 13.8. The topological polar surface area (TPSA) is 133 Å². The van der Waals surface area contributed by atoms with Crippen LogP contribution in [0.15, 0.2) is 48.5 Å². The van der Waals surface area contributed by atoms with Crippen LogP contribution in [0.4, 0.5) is 9.59 Å². The van der Waals surface area contributed by atoms with Crippen LogP contribution in [0.5, 0.6) is 5.75 Å². The Balaban J connectivity index is 1.18. The smallest absolute Gasteiger partial charge is 0.413 e. The van der Waals surface area contributed by atoms with E-state index in [0.29, 0.717) is 35.7 Å². The van der Waals surface area contributed by atoms with Crippen LogP contribution in [0, 0.1) is 0 Å². The molecule has 0 saturated carbocycles. The first-order chi connectivity index (χ1) is 20.7. The molecule has 4 rings (SSSR count). The molecule has 3 atom stereocenters. The van der Waals surface area contributed by atoms with Crippen LogP contribution in [0.3, 0.4) is 0 Å². The standard InChI is InChI=1S/C32H40ClN3O8/c1-31(2,3)44-29(39)35-25-18-23-12-15-26(25)36(23)30(40)42-19-41-28(38)32(4,5)43-24-13-6-20(7-14-24)16-17-34-27(37)21-8-10-22(33)11-9-21/h6-11,13-14,23,25-26H,12,15-19H2,1-5H3,(H,34,37)(H,35,39)/t23-,25-,26+/m0/s1. The molecule has 2 aromatic rings. The summed E-state index contributed by atoms with van der Waals surface area (Å²) in [6.07, 6.45) is 1.63. The minimum absolute atomic E-state index is 0.0642. The fourth-order valence-corrected chi connectivity index (χ4v) is 5.48. The first-order valence-corrected chi connectivity index (χ1v) is 15.0. The number of esters is 1. The summed E-state index contributed by atoms with van der Waals surface area (Å²) < 4.78 is 21.7. The predicted octanol–water partition coefficient (Wildman–Crippen LogP) is 5.24. The van der Waals surface area contributed by atoms with Gasteiger partial charge >= 0.3 is 18.2 Å². The van der Waals surface area contributed by atoms with E-state index in [2.05, 4.69) is 10.6 Å². The van der Waals surface area contributed by atoms with Crippen molar-refractivity contribution in [1.82, 2.24) is 15.5 Å². The average molecular weight is 630 g/mol. The van der Waals surface area contributed by atoms with E-state index in [4.69, 9.17) is 30.5 Å². The number of carbonyl (C=O) groups excluding carboxylic acids is 4. The molecule has 2 aromatic carbocycles. The van der Waals surface area contributed by atoms with Crippen LogP contribution >= 0.6 is 11.6 Å². The lowest BCUT2D eigenvalue weighted by molar-refractivity contribution is -0.168. The van der Waals surface area contributed by atoms with Crippen LogP contribution in [0.25, 0.3) is 0 Å². The Bertz CT molecular complexity index is 1340. The minimum Gasteiger partial charge on any atom is -0.476 e. The SMILES string of the molecule is CC(C)(C)OC(=O)N[C@H]1C[C@@H]2CC[C@H]1N2C(=O)OCOC(=O)C(C)(C)Oc1ccc(CCNC(=O)c2ccc(Cl)cc2)cc1. The fourth-order valence-electron chi connectivity index (χ4n) is 5.35. The number of alkyl carbamates (subject to hydrolysis) is 1. The molecular formula is C32H40ClN3O8. The van der Waals surface area contributed by atoms with Gasteiger partial charge in [-0.3, -0.25) is 4.79 Å². The lowest BCUT2D eigenvalue weighted by Gasteiger charge is -2.27. The minimum atomic E-state index is -1.35. The highest BCUT2D eigenvalue weighted by atomic mass is 35.5. The summed E-state index contributed by atoms with van der Waals surface area (Å²) in [6.45, 7) is 8.37. The van der Waals surface area contributed by atoms with Crippen molar-refractivity contribution >= 4 is 35.7 Å². The van der Waals surface area contributed by atoms with Gasteiger partial charge in [0.1, 0.15) is 11.4 Å². The summed E-state index contributed by atoms with van der Waals surface area (Å²) in [6, 6.07) is 13.3. The zero-order valence-electron chi connectivity index (χ0n) is 25.7. The molecule has 2 N–H and O–H groups in total. The van der Waals surface area contributed by atoms with Crippen molar-refractivity contribution in [2.45, 2.75) is 89.6 Å². The third-order valence-electron chi connectivity index (χ3n) is 7.42. The first kappa shape index (κ1) is 32.9. The zero-order valence-corrected chi connectivity index (χ0v) is 26.4. The van der Waals surface area contributed by atoms with Gasteiger partial charge in [0.25, 0.3) is 5.91 Å². The molecule has 0 aromatic heterocycles. The highest BCUT2D eigenvalue weighted by Gasteiger charge is 2.50. The van der Waals surface area contributed by atoms with Crippen molar-refractivity contribution in [2.75, 3.05) is 13.3 Å². The molecule has 2 aliphatic rings. The molecule has 2 heterocycles. The van der Waals surface area contributed by atoms with E-state index < -0.39 is 36.2 Å². The van der Waals surface area contributed by atoms with Crippen molar-refractivity contribution in [1.29, 1.82) is 0 Å². The highest BCUT2D eigenvalue weighted by Crippen LogP contribution is 2.38. The Kier molecular flexibility index (Phi) is 10.3. The Morgan fingerprint density at radius 1 is 0.932 bits per heavy atom. The highest BCUT2D eigenvalue weighted by molar-refractivity contribution is 6.30. The number of fused-ring (bicyclic) bond motifs is 2. The maximum atomic E-state index is 12.8. The number of hydrogen-bond donors (Lipinski definition) is 2. The van der Waals surface area contributed by atoms with Gasteiger partial charge in [0.2, 0.25) is 6.79 Å². The summed E-state index contributed by atoms with van der Waals surface area (Å²) in [5, 5.41) is 6.30. The van der Waals surface area contributed by atoms with E-state index in [9.17, 15) is 19.2 Å². The summed E-state index contributed by atoms with van der Waals surface area (Å²) in [7, 11) is 0. The molecule has 3 amide bonds. The third-order valence-corrected chi connectivity index (χ3v) is 7.67. The van der Waals surface area contributed by atoms with Gasteiger partial charge in [-0.25, -0.2) is 14.4 Å². The van der Waals surface area contributed by atoms with Gasteiger partial charge in [-0.2, -0.15) is 0 Å². The van der Waals surface area contributed by atoms with E-state index in [1.54, 1.807) is 75.9 Å². The number of benzene rings is 2. The second-order valence-electron chi connectivity index (χ2n) is 12.4. The van der Waals surface area contributed by atoms with Gasteiger partial charge in [-0.15, -0.1) is 0 Å². The van der Waals surface area contributed by atoms with E-state index in [1.165, 1.54) is 0 Å². The van der Waals surface area contributed by atoms with Crippen molar-refractivity contribution < 1.29 is 38.1 Å². The van der Waals surface area contributed by atoms with Gasteiger partial charge in [-0.1, -0.05) is 23.7 Å². The Hall–Kier alpha value is -3.99. The molecular weight excluding hydrogens is 590 g/mol. The Morgan fingerprint density at radius 3 is 2.27 bits per heavy atom. The van der Waals surface area contributed by atoms with Crippen molar-refractivity contribution in [3.8, 4) is 5.75 Å². The van der Waals surface area contributed by atoms with Crippen molar-refractivity contribution in [2.24, 2.45) is 0 Å². The lowest BCUT2D eigenvalue weighted by atomic mass is 9.96. The fraction of sp³-hybridized carbons (Fsp3) is 0.500. The normalized spacial score (nSPS) is 19.2. The average Bonchev–Trinajstić information content (AvgIpc) is 3.51. The monoisotopic (exact) mass is 629 g/mol. The Morgan fingerprint density at radius 2 is 1.61 bits per heavy atom. The zero-order chi connectivity index (χ0) is 32.1. The molecule has 2 bridgehead atoms. The molecule has 0 spiro atoms. The lowest BCUT2D eigenvalue weighted by Crippen LogP contribution is -2.47. The first-order valence-electron chi connectivity index (χ1n) is 14.7. The molecule has 2 saturated heterocycles. The van der Waals surface area contributed by atoms with E-state index in [1.807, 2.05) is 12.1 Å². The number of rotatable bonds is 10. The number of hydrogen-bond acceptors (Lipinski definition) is 8. The van der Waals surface area contributed by atoms with E-state index >= 15 is 0 Å². The van der Waals surface area contributed by atoms with Gasteiger partial charge in [-0.05, 0) is 102 Å². The van der Waals surface area contributed by atoms with Crippen LogP contribution in [-0.4, -0.2) is 71.6 Å². The van der Waals surface area contributed by atoms with Gasteiger partial charge < -0.3 is 34.5 Å². The van der Waals surface area contributed by atoms with Crippen LogP contribution < -0.4 is 15.4 Å². The number of nitrogens with one attached hydrogen (secondary N) is 2. The van der Waals surface area contributed by atoms with E-state index in [-0.39, 0.29) is 24.0 Å². The summed E-state index contributed by atoms with van der Waals surface area (Å²) in [5.41, 5.74) is -0.465. The number of ether oxygens (including phenoxy) is 4. The molecule has 11 nitrogen and oxygen atoms in total. The molecule has 44 heavy (non-hydrogen) atoms. The Labute approximate surface area is 262 Å². The van der Waals surface area contributed by atoms with E-state index in [0.717, 1.165) is 18.4 Å². The molecule has 0 unspecified atom stereocenters. The van der Waals surface area contributed by atoms with Gasteiger partial charge in [0.05, 0.1) is 12.1 Å². The molecule has 12 heteroatoms. The maximum Gasteiger partial charge on any atom is 0.413 e.